The molecule has 0 saturated heterocycles. The zero-order valence-electron chi connectivity index (χ0n) is 13.7. The fraction of sp³-hybridized carbons (Fsp3) is 0.0455. The number of rotatable bonds is 3. The third-order valence-electron chi connectivity index (χ3n) is 4.47. The Bertz CT molecular complexity index is 989. The van der Waals surface area contributed by atoms with Gasteiger partial charge in [-0.3, -0.25) is 4.79 Å². The van der Waals surface area contributed by atoms with E-state index in [1.165, 1.54) is 28.3 Å². The Kier molecular flexibility index (Phi) is 3.82. The molecular weight excluding hydrogens is 308 g/mol. The van der Waals surface area contributed by atoms with Crippen molar-refractivity contribution < 1.29 is 4.79 Å². The molecular formula is C22H18N2O. The second-order valence-corrected chi connectivity index (χ2v) is 6.16. The van der Waals surface area contributed by atoms with Gasteiger partial charge >= 0.3 is 0 Å². The number of hydrogen-bond donors (Lipinski definition) is 2. The van der Waals surface area contributed by atoms with Crippen molar-refractivity contribution in [1.29, 1.82) is 0 Å². The molecule has 25 heavy (non-hydrogen) atoms. The number of amides is 1. The molecule has 0 spiro atoms. The quantitative estimate of drug-likeness (QED) is 0.430. The molecule has 3 N–H and O–H groups in total. The molecule has 3 nitrogen and oxygen atoms in total. The van der Waals surface area contributed by atoms with E-state index in [0.717, 1.165) is 12.0 Å². The third kappa shape index (κ3) is 3.04. The van der Waals surface area contributed by atoms with E-state index in [2.05, 4.69) is 41.7 Å². The van der Waals surface area contributed by atoms with Crippen LogP contribution in [0.5, 0.6) is 0 Å². The zero-order chi connectivity index (χ0) is 17.2. The highest BCUT2D eigenvalue weighted by molar-refractivity contribution is 6.03. The number of nitrogens with two attached hydrogens (primary N) is 1. The molecule has 0 fully saturated rings. The van der Waals surface area contributed by atoms with Crippen LogP contribution in [0.2, 0.25) is 0 Å². The standard InChI is InChI=1S/C22H18N2O/c23-20-7-3-4-8-21(20)24-22(25)12-10-15-9-11-17-14-16-5-1-2-6-18(16)19(17)13-15/h1-13H,14,23H2,(H,24,25)/b12-10+. The number of anilines is 2. The molecule has 4 rings (SSSR count). The van der Waals surface area contributed by atoms with Crippen LogP contribution in [0.4, 0.5) is 11.4 Å². The van der Waals surface area contributed by atoms with Crippen LogP contribution in [-0.2, 0) is 11.2 Å². The molecule has 0 aromatic heterocycles. The normalized spacial score (nSPS) is 12.0. The van der Waals surface area contributed by atoms with Gasteiger partial charge in [-0.15, -0.1) is 0 Å². The summed E-state index contributed by atoms with van der Waals surface area (Å²) in [7, 11) is 0. The average molecular weight is 326 g/mol. The van der Waals surface area contributed by atoms with Crippen LogP contribution >= 0.6 is 0 Å². The van der Waals surface area contributed by atoms with Gasteiger partial charge in [0.15, 0.2) is 0 Å². The van der Waals surface area contributed by atoms with Gasteiger partial charge in [0.25, 0.3) is 0 Å². The summed E-state index contributed by atoms with van der Waals surface area (Å²) in [6.07, 6.45) is 4.34. The van der Waals surface area contributed by atoms with Crippen molar-refractivity contribution in [2.75, 3.05) is 11.1 Å². The van der Waals surface area contributed by atoms with Crippen molar-refractivity contribution in [2.45, 2.75) is 6.42 Å². The number of nitrogens with one attached hydrogen (secondary N) is 1. The lowest BCUT2D eigenvalue weighted by atomic mass is 10.0. The van der Waals surface area contributed by atoms with Crippen molar-refractivity contribution in [3.63, 3.8) is 0 Å². The van der Waals surface area contributed by atoms with E-state index in [0.29, 0.717) is 11.4 Å². The van der Waals surface area contributed by atoms with Crippen molar-refractivity contribution in [3.8, 4) is 11.1 Å². The maximum absolute atomic E-state index is 12.1. The number of para-hydroxylation sites is 2. The van der Waals surface area contributed by atoms with Crippen molar-refractivity contribution in [2.24, 2.45) is 0 Å². The molecule has 0 aliphatic heterocycles. The Labute approximate surface area is 146 Å². The van der Waals surface area contributed by atoms with Gasteiger partial charge in [0.2, 0.25) is 5.91 Å². The molecule has 0 radical (unpaired) electrons. The Balaban J connectivity index is 1.53. The zero-order valence-corrected chi connectivity index (χ0v) is 13.7. The minimum absolute atomic E-state index is 0.196. The highest BCUT2D eigenvalue weighted by Gasteiger charge is 2.17. The highest BCUT2D eigenvalue weighted by atomic mass is 16.1. The Morgan fingerprint density at radius 3 is 2.56 bits per heavy atom. The van der Waals surface area contributed by atoms with Crippen LogP contribution in [0.1, 0.15) is 16.7 Å². The lowest BCUT2D eigenvalue weighted by Gasteiger charge is -2.05. The summed E-state index contributed by atoms with van der Waals surface area (Å²) < 4.78 is 0. The van der Waals surface area contributed by atoms with Crippen LogP contribution in [0.25, 0.3) is 17.2 Å². The van der Waals surface area contributed by atoms with Crippen LogP contribution in [0, 0.1) is 0 Å². The van der Waals surface area contributed by atoms with Crippen molar-refractivity contribution in [3.05, 3.63) is 89.5 Å². The minimum atomic E-state index is -0.196. The van der Waals surface area contributed by atoms with Gasteiger partial charge in [-0.2, -0.15) is 0 Å². The van der Waals surface area contributed by atoms with Gasteiger partial charge in [-0.1, -0.05) is 48.5 Å². The molecule has 3 aromatic rings. The third-order valence-corrected chi connectivity index (χ3v) is 4.47. The molecule has 0 bridgehead atoms. The summed E-state index contributed by atoms with van der Waals surface area (Å²) in [4.78, 5) is 12.1. The maximum Gasteiger partial charge on any atom is 0.248 e. The summed E-state index contributed by atoms with van der Waals surface area (Å²) in [5, 5.41) is 2.80. The molecule has 0 saturated carbocycles. The second-order valence-electron chi connectivity index (χ2n) is 6.16. The molecule has 3 aromatic carbocycles. The van der Waals surface area contributed by atoms with Crippen LogP contribution in [0.3, 0.4) is 0 Å². The van der Waals surface area contributed by atoms with E-state index in [-0.39, 0.29) is 5.91 Å². The maximum atomic E-state index is 12.1. The monoisotopic (exact) mass is 326 g/mol. The number of carbonyl (C=O) groups is 1. The van der Waals surface area contributed by atoms with Gasteiger partial charge in [0.05, 0.1) is 11.4 Å². The first kappa shape index (κ1) is 15.2. The predicted molar refractivity (Wildman–Crippen MR) is 103 cm³/mol. The first-order valence-corrected chi connectivity index (χ1v) is 8.25. The summed E-state index contributed by atoms with van der Waals surface area (Å²) in [6, 6.07) is 22.0. The Morgan fingerprint density at radius 1 is 0.920 bits per heavy atom. The van der Waals surface area contributed by atoms with Crippen molar-refractivity contribution in [1.82, 2.24) is 0 Å². The van der Waals surface area contributed by atoms with E-state index < -0.39 is 0 Å². The number of fused-ring (bicyclic) bond motifs is 3. The van der Waals surface area contributed by atoms with E-state index in [4.69, 9.17) is 5.73 Å². The minimum Gasteiger partial charge on any atom is -0.397 e. The van der Waals surface area contributed by atoms with Gasteiger partial charge in [0, 0.05) is 6.08 Å². The van der Waals surface area contributed by atoms with Gasteiger partial charge in [0.1, 0.15) is 0 Å². The summed E-state index contributed by atoms with van der Waals surface area (Å²) in [5.74, 6) is -0.196. The predicted octanol–water partition coefficient (Wildman–Crippen LogP) is 4.49. The smallest absolute Gasteiger partial charge is 0.248 e. The molecule has 122 valence electrons. The SMILES string of the molecule is Nc1ccccc1NC(=O)/C=C/c1ccc2c(c1)-c1ccccc1C2. The molecule has 0 unspecified atom stereocenters. The van der Waals surface area contributed by atoms with Gasteiger partial charge in [-0.05, 0) is 58.5 Å². The molecule has 0 atom stereocenters. The number of carbonyl (C=O) groups excluding carboxylic acids is 1. The largest absolute Gasteiger partial charge is 0.397 e. The summed E-state index contributed by atoms with van der Waals surface area (Å²) >= 11 is 0. The first-order chi connectivity index (χ1) is 12.2. The van der Waals surface area contributed by atoms with E-state index in [1.807, 2.05) is 24.3 Å². The Morgan fingerprint density at radius 2 is 1.68 bits per heavy atom. The fourth-order valence-corrected chi connectivity index (χ4v) is 3.20. The molecule has 1 amide bonds. The Hall–Kier alpha value is -3.33. The van der Waals surface area contributed by atoms with Crippen molar-refractivity contribution >= 4 is 23.4 Å². The van der Waals surface area contributed by atoms with E-state index in [9.17, 15) is 4.79 Å². The van der Waals surface area contributed by atoms with Gasteiger partial charge in [-0.25, -0.2) is 0 Å². The molecule has 1 aliphatic carbocycles. The van der Waals surface area contributed by atoms with E-state index >= 15 is 0 Å². The summed E-state index contributed by atoms with van der Waals surface area (Å²) in [6.45, 7) is 0. The summed E-state index contributed by atoms with van der Waals surface area (Å²) in [5.41, 5.74) is 13.3. The molecule has 3 heteroatoms. The highest BCUT2D eigenvalue weighted by Crippen LogP contribution is 2.36. The average Bonchev–Trinajstić information content (AvgIpc) is 3.00. The molecule has 0 heterocycles. The number of hydrogen-bond acceptors (Lipinski definition) is 2. The molecule has 1 aliphatic rings. The number of nitrogen functional groups attached to an aromatic ring is 1. The fourth-order valence-electron chi connectivity index (χ4n) is 3.20. The van der Waals surface area contributed by atoms with E-state index in [1.54, 1.807) is 12.1 Å². The van der Waals surface area contributed by atoms with Gasteiger partial charge < -0.3 is 11.1 Å². The number of benzene rings is 3. The first-order valence-electron chi connectivity index (χ1n) is 8.25. The topological polar surface area (TPSA) is 55.1 Å². The lowest BCUT2D eigenvalue weighted by molar-refractivity contribution is -0.111. The van der Waals surface area contributed by atoms with Crippen LogP contribution in [0.15, 0.2) is 72.8 Å². The van der Waals surface area contributed by atoms with Crippen LogP contribution < -0.4 is 11.1 Å². The van der Waals surface area contributed by atoms with Crippen LogP contribution in [-0.4, -0.2) is 5.91 Å². The lowest BCUT2D eigenvalue weighted by Crippen LogP contribution is -2.09. The second kappa shape index (κ2) is 6.29.